The number of hydrogen-bond acceptors (Lipinski definition) is 6. The molecule has 0 aliphatic carbocycles. The maximum Gasteiger partial charge on any atom is 0.291 e. The molecule has 2 aromatic heterocycles. The van der Waals surface area contributed by atoms with Gasteiger partial charge in [-0.1, -0.05) is 19.9 Å². The molecule has 1 fully saturated rings. The van der Waals surface area contributed by atoms with E-state index in [-0.39, 0.29) is 11.9 Å². The maximum atomic E-state index is 12.8. The van der Waals surface area contributed by atoms with Crippen LogP contribution in [0.4, 0.5) is 5.00 Å². The monoisotopic (exact) mass is 468 g/mol. The highest BCUT2D eigenvalue weighted by molar-refractivity contribution is 7.16. The van der Waals surface area contributed by atoms with Crippen molar-refractivity contribution >= 4 is 22.2 Å². The lowest BCUT2D eigenvalue weighted by Gasteiger charge is -2.37. The number of ether oxygens (including phenoxy) is 2. The number of furan rings is 1. The average molecular weight is 469 g/mol. The number of amides is 1. The van der Waals surface area contributed by atoms with Gasteiger partial charge < -0.3 is 19.2 Å². The van der Waals surface area contributed by atoms with Gasteiger partial charge in [0.15, 0.2) is 17.3 Å². The summed E-state index contributed by atoms with van der Waals surface area (Å²) in [5.74, 6) is 2.21. The van der Waals surface area contributed by atoms with Crippen LogP contribution in [0.5, 0.6) is 11.5 Å². The second-order valence-corrected chi connectivity index (χ2v) is 9.65. The van der Waals surface area contributed by atoms with E-state index in [0.29, 0.717) is 17.3 Å². The Morgan fingerprint density at radius 3 is 2.58 bits per heavy atom. The summed E-state index contributed by atoms with van der Waals surface area (Å²) in [6.45, 7) is 6.46. The van der Waals surface area contributed by atoms with Crippen LogP contribution in [-0.4, -0.2) is 38.1 Å². The molecule has 0 radical (unpaired) electrons. The number of benzene rings is 1. The van der Waals surface area contributed by atoms with Gasteiger partial charge >= 0.3 is 0 Å². The smallest absolute Gasteiger partial charge is 0.291 e. The van der Waals surface area contributed by atoms with E-state index in [1.807, 2.05) is 6.07 Å². The first-order valence-corrected chi connectivity index (χ1v) is 12.3. The zero-order valence-corrected chi connectivity index (χ0v) is 20.5. The molecule has 0 bridgehead atoms. The Kier molecular flexibility index (Phi) is 7.40. The molecule has 1 aliphatic heterocycles. The van der Waals surface area contributed by atoms with Crippen LogP contribution in [0.25, 0.3) is 0 Å². The summed E-state index contributed by atoms with van der Waals surface area (Å²) in [6, 6.07) is 11.8. The van der Waals surface area contributed by atoms with Crippen molar-refractivity contribution in [1.82, 2.24) is 4.90 Å². The van der Waals surface area contributed by atoms with Crippen molar-refractivity contribution in [2.75, 3.05) is 32.6 Å². The predicted molar refractivity (Wildman–Crippen MR) is 132 cm³/mol. The number of aryl methyl sites for hydroxylation is 1. The minimum atomic E-state index is -0.232. The normalized spacial score (nSPS) is 15.9. The predicted octanol–water partition coefficient (Wildman–Crippen LogP) is 5.99. The van der Waals surface area contributed by atoms with Crippen LogP contribution in [0, 0.1) is 5.92 Å². The molecule has 1 N–H and O–H groups in total. The van der Waals surface area contributed by atoms with Gasteiger partial charge in [-0.15, -0.1) is 11.3 Å². The number of piperidine rings is 1. The number of rotatable bonds is 8. The number of carbonyl (C=O) groups excluding carboxylic acids is 1. The van der Waals surface area contributed by atoms with Gasteiger partial charge in [0.1, 0.15) is 5.00 Å². The first-order chi connectivity index (χ1) is 16.0. The van der Waals surface area contributed by atoms with E-state index in [1.54, 1.807) is 37.7 Å². The van der Waals surface area contributed by atoms with Gasteiger partial charge in [-0.2, -0.15) is 0 Å². The van der Waals surface area contributed by atoms with E-state index in [2.05, 4.69) is 42.3 Å². The van der Waals surface area contributed by atoms with Crippen LogP contribution in [0.1, 0.15) is 59.3 Å². The fourth-order valence-corrected chi connectivity index (χ4v) is 5.43. The summed E-state index contributed by atoms with van der Waals surface area (Å²) in [5, 5.41) is 3.99. The lowest BCUT2D eigenvalue weighted by Crippen LogP contribution is -2.37. The number of likely N-dealkylation sites (tertiary alicyclic amines) is 1. The largest absolute Gasteiger partial charge is 0.493 e. The third-order valence-corrected chi connectivity index (χ3v) is 7.54. The zero-order valence-electron chi connectivity index (χ0n) is 19.7. The Morgan fingerprint density at radius 2 is 1.94 bits per heavy atom. The molecule has 4 rings (SSSR count). The number of hydrogen-bond donors (Lipinski definition) is 1. The molecule has 1 saturated heterocycles. The maximum absolute atomic E-state index is 12.8. The molecule has 1 amide bonds. The van der Waals surface area contributed by atoms with E-state index in [9.17, 15) is 4.79 Å². The van der Waals surface area contributed by atoms with E-state index >= 15 is 0 Å². The second-order valence-electron chi connectivity index (χ2n) is 8.52. The molecule has 3 aromatic rings. The van der Waals surface area contributed by atoms with Crippen LogP contribution >= 0.6 is 11.3 Å². The molecule has 0 saturated carbocycles. The molecule has 0 spiro atoms. The van der Waals surface area contributed by atoms with Gasteiger partial charge in [0.2, 0.25) is 0 Å². The van der Waals surface area contributed by atoms with Crippen LogP contribution < -0.4 is 14.8 Å². The second kappa shape index (κ2) is 10.4. The summed E-state index contributed by atoms with van der Waals surface area (Å²) in [6.07, 6.45) is 4.73. The third-order valence-electron chi connectivity index (χ3n) is 6.33. The third kappa shape index (κ3) is 5.09. The number of methoxy groups -OCH3 is 2. The Labute approximate surface area is 199 Å². The van der Waals surface area contributed by atoms with Crippen molar-refractivity contribution in [3.05, 3.63) is 64.4 Å². The zero-order chi connectivity index (χ0) is 23.4. The van der Waals surface area contributed by atoms with Crippen LogP contribution in [-0.2, 0) is 6.42 Å². The molecular weight excluding hydrogens is 436 g/mol. The van der Waals surface area contributed by atoms with Gasteiger partial charge in [0.05, 0.1) is 26.5 Å². The van der Waals surface area contributed by atoms with Crippen molar-refractivity contribution in [3.8, 4) is 11.5 Å². The lowest BCUT2D eigenvalue weighted by atomic mass is 9.92. The minimum absolute atomic E-state index is 0.000701. The number of anilines is 1. The van der Waals surface area contributed by atoms with E-state index in [4.69, 9.17) is 13.9 Å². The summed E-state index contributed by atoms with van der Waals surface area (Å²) >= 11 is 1.63. The Hall–Kier alpha value is -2.77. The van der Waals surface area contributed by atoms with Crippen molar-refractivity contribution in [1.29, 1.82) is 0 Å². The van der Waals surface area contributed by atoms with E-state index in [0.717, 1.165) is 54.4 Å². The Balaban J connectivity index is 1.77. The number of nitrogens with one attached hydrogen (secondary N) is 1. The number of nitrogens with zero attached hydrogens (tertiary/aromatic N) is 1. The standard InChI is InChI=1S/C26H32N2O4S/c1-5-19-16-20(26(33-19)27-25(29)22-7-6-14-32-22)24(28-12-10-17(2)11-13-28)18-8-9-21(30-3)23(15-18)31-4/h6-9,14-17,24H,5,10-13H2,1-4H3,(H,27,29)/t24-/m1/s1. The highest BCUT2D eigenvalue weighted by atomic mass is 32.1. The molecule has 6 nitrogen and oxygen atoms in total. The molecular formula is C26H32N2O4S. The van der Waals surface area contributed by atoms with Crippen LogP contribution in [0.2, 0.25) is 0 Å². The molecule has 1 aromatic carbocycles. The minimum Gasteiger partial charge on any atom is -0.493 e. The van der Waals surface area contributed by atoms with Gasteiger partial charge in [0.25, 0.3) is 5.91 Å². The Morgan fingerprint density at radius 1 is 1.18 bits per heavy atom. The SMILES string of the molecule is CCc1cc([C@@H](c2ccc(OC)c(OC)c2)N2CCC(C)CC2)c(NC(=O)c2ccco2)s1. The first-order valence-electron chi connectivity index (χ1n) is 11.5. The summed E-state index contributed by atoms with van der Waals surface area (Å²) < 4.78 is 16.4. The van der Waals surface area contributed by atoms with E-state index < -0.39 is 0 Å². The van der Waals surface area contributed by atoms with Gasteiger partial charge in [-0.05, 0) is 74.2 Å². The van der Waals surface area contributed by atoms with Gasteiger partial charge in [-0.3, -0.25) is 9.69 Å². The highest BCUT2D eigenvalue weighted by Crippen LogP contribution is 2.43. The molecule has 3 heterocycles. The lowest BCUT2D eigenvalue weighted by molar-refractivity contribution is 0.0996. The topological polar surface area (TPSA) is 63.9 Å². The molecule has 33 heavy (non-hydrogen) atoms. The van der Waals surface area contributed by atoms with E-state index in [1.165, 1.54) is 11.1 Å². The Bertz CT molecular complexity index is 1070. The summed E-state index contributed by atoms with van der Waals surface area (Å²) in [5.41, 5.74) is 2.23. The highest BCUT2D eigenvalue weighted by Gasteiger charge is 2.30. The van der Waals surface area contributed by atoms with Gasteiger partial charge in [0, 0.05) is 10.4 Å². The fraction of sp³-hybridized carbons (Fsp3) is 0.423. The van der Waals surface area contributed by atoms with Crippen molar-refractivity contribution in [2.24, 2.45) is 5.92 Å². The molecule has 1 aliphatic rings. The van der Waals surface area contributed by atoms with Crippen LogP contribution in [0.3, 0.4) is 0 Å². The van der Waals surface area contributed by atoms with Crippen molar-refractivity contribution in [2.45, 2.75) is 39.2 Å². The van der Waals surface area contributed by atoms with Crippen molar-refractivity contribution in [3.63, 3.8) is 0 Å². The summed E-state index contributed by atoms with van der Waals surface area (Å²) in [4.78, 5) is 16.6. The molecule has 7 heteroatoms. The van der Waals surface area contributed by atoms with Crippen molar-refractivity contribution < 1.29 is 18.7 Å². The average Bonchev–Trinajstić information content (AvgIpc) is 3.51. The molecule has 0 unspecified atom stereocenters. The number of carbonyl (C=O) groups is 1. The quantitative estimate of drug-likeness (QED) is 0.440. The first kappa shape index (κ1) is 23.4. The van der Waals surface area contributed by atoms with Crippen LogP contribution in [0.15, 0.2) is 47.1 Å². The van der Waals surface area contributed by atoms with Gasteiger partial charge in [-0.25, -0.2) is 0 Å². The molecule has 176 valence electrons. The number of thiophene rings is 1. The summed E-state index contributed by atoms with van der Waals surface area (Å²) in [7, 11) is 3.31. The molecule has 1 atom stereocenters. The fourth-order valence-electron chi connectivity index (χ4n) is 4.40.